The lowest BCUT2D eigenvalue weighted by Gasteiger charge is -2.47. The summed E-state index contributed by atoms with van der Waals surface area (Å²) in [6.45, 7) is 3.52. The molecule has 0 aromatic carbocycles. The molecule has 2 rings (SSSR count). The molecule has 0 radical (unpaired) electrons. The van der Waals surface area contributed by atoms with Crippen molar-refractivity contribution in [3.05, 3.63) is 0 Å². The molecular formula is C13H22O5. The van der Waals surface area contributed by atoms with E-state index in [9.17, 15) is 4.79 Å². The lowest BCUT2D eigenvalue weighted by Crippen LogP contribution is -2.59. The summed E-state index contributed by atoms with van der Waals surface area (Å²) in [5, 5.41) is 0. The first-order valence-electron chi connectivity index (χ1n) is 6.65. The van der Waals surface area contributed by atoms with Crippen LogP contribution in [-0.2, 0) is 23.7 Å². The minimum absolute atomic E-state index is 0.256. The van der Waals surface area contributed by atoms with Crippen molar-refractivity contribution in [3.63, 3.8) is 0 Å². The van der Waals surface area contributed by atoms with Crippen molar-refractivity contribution < 1.29 is 23.7 Å². The van der Waals surface area contributed by atoms with Gasteiger partial charge in [-0.3, -0.25) is 4.79 Å². The van der Waals surface area contributed by atoms with E-state index in [0.717, 1.165) is 19.3 Å². The van der Waals surface area contributed by atoms with E-state index in [4.69, 9.17) is 18.9 Å². The van der Waals surface area contributed by atoms with E-state index < -0.39 is 11.2 Å². The maximum atomic E-state index is 12.4. The predicted octanol–water partition coefficient (Wildman–Crippen LogP) is 1.50. The second-order valence-corrected chi connectivity index (χ2v) is 4.89. The van der Waals surface area contributed by atoms with E-state index in [0.29, 0.717) is 26.2 Å². The van der Waals surface area contributed by atoms with E-state index >= 15 is 0 Å². The molecule has 2 fully saturated rings. The molecule has 0 aromatic heterocycles. The number of carbonyl (C=O) groups is 1. The van der Waals surface area contributed by atoms with Crippen molar-refractivity contribution >= 4 is 5.97 Å². The molecule has 1 aliphatic heterocycles. The van der Waals surface area contributed by atoms with Gasteiger partial charge in [0.15, 0.2) is 5.79 Å². The Balaban J connectivity index is 2.31. The van der Waals surface area contributed by atoms with Gasteiger partial charge < -0.3 is 18.9 Å². The zero-order chi connectivity index (χ0) is 13.1. The summed E-state index contributed by atoms with van der Waals surface area (Å²) in [6.07, 6.45) is 3.40. The Hall–Kier alpha value is -0.650. The van der Waals surface area contributed by atoms with Gasteiger partial charge in [-0.15, -0.1) is 0 Å². The molecule has 1 unspecified atom stereocenters. The Bertz CT molecular complexity index is 294. The number of ether oxygens (including phenoxy) is 4. The molecule has 0 amide bonds. The predicted molar refractivity (Wildman–Crippen MR) is 64.0 cm³/mol. The molecule has 18 heavy (non-hydrogen) atoms. The van der Waals surface area contributed by atoms with E-state index in [1.165, 1.54) is 0 Å². The van der Waals surface area contributed by atoms with Crippen LogP contribution >= 0.6 is 0 Å². The zero-order valence-electron chi connectivity index (χ0n) is 11.2. The summed E-state index contributed by atoms with van der Waals surface area (Å²) in [5.41, 5.74) is -0.813. The third-order valence-corrected chi connectivity index (χ3v) is 3.90. The first-order valence-corrected chi connectivity index (χ1v) is 6.65. The number of esters is 1. The largest absolute Gasteiger partial charge is 0.465 e. The highest BCUT2D eigenvalue weighted by Crippen LogP contribution is 2.50. The third kappa shape index (κ3) is 2.04. The van der Waals surface area contributed by atoms with Gasteiger partial charge in [0, 0.05) is 13.5 Å². The smallest absolute Gasteiger partial charge is 0.319 e. The van der Waals surface area contributed by atoms with Gasteiger partial charge >= 0.3 is 5.97 Å². The Morgan fingerprint density at radius 3 is 2.50 bits per heavy atom. The second kappa shape index (κ2) is 5.55. The molecule has 1 heterocycles. The van der Waals surface area contributed by atoms with Crippen LogP contribution in [0.25, 0.3) is 0 Å². The zero-order valence-corrected chi connectivity index (χ0v) is 11.2. The van der Waals surface area contributed by atoms with Crippen LogP contribution in [0.15, 0.2) is 0 Å². The summed E-state index contributed by atoms with van der Waals surface area (Å²) in [7, 11) is 1.60. The lowest BCUT2D eigenvalue weighted by atomic mass is 9.69. The van der Waals surface area contributed by atoms with Crippen LogP contribution in [0.3, 0.4) is 0 Å². The Morgan fingerprint density at radius 1 is 1.22 bits per heavy atom. The van der Waals surface area contributed by atoms with Gasteiger partial charge in [-0.05, 0) is 19.8 Å². The third-order valence-electron chi connectivity index (χ3n) is 3.90. The highest BCUT2D eigenvalue weighted by molar-refractivity contribution is 5.78. The Labute approximate surface area is 108 Å². The van der Waals surface area contributed by atoms with Crippen molar-refractivity contribution in [1.82, 2.24) is 0 Å². The van der Waals surface area contributed by atoms with Crippen molar-refractivity contribution in [2.45, 2.75) is 38.4 Å². The molecule has 1 spiro atoms. The summed E-state index contributed by atoms with van der Waals surface area (Å²) >= 11 is 0. The number of hydrogen-bond acceptors (Lipinski definition) is 5. The molecule has 5 heteroatoms. The molecule has 2 aliphatic rings. The summed E-state index contributed by atoms with van der Waals surface area (Å²) in [5.74, 6) is -1.10. The van der Waals surface area contributed by atoms with Gasteiger partial charge in [0.2, 0.25) is 0 Å². The quantitative estimate of drug-likeness (QED) is 0.715. The maximum Gasteiger partial charge on any atom is 0.319 e. The van der Waals surface area contributed by atoms with Gasteiger partial charge in [-0.2, -0.15) is 0 Å². The fourth-order valence-electron chi connectivity index (χ4n) is 3.10. The van der Waals surface area contributed by atoms with Crippen molar-refractivity contribution in [1.29, 1.82) is 0 Å². The molecule has 1 aliphatic carbocycles. The van der Waals surface area contributed by atoms with E-state index in [1.54, 1.807) is 7.11 Å². The normalized spacial score (nSPS) is 30.6. The number of methoxy groups -OCH3 is 1. The standard InChI is InChI=1S/C13H22O5/c1-3-16-11(14)12(10-15-2)6-4-5-7-13(12)17-8-9-18-13/h3-10H2,1-2H3. The highest BCUT2D eigenvalue weighted by Gasteiger charge is 2.62. The van der Waals surface area contributed by atoms with Crippen molar-refractivity contribution in [2.75, 3.05) is 33.5 Å². The van der Waals surface area contributed by atoms with Crippen LogP contribution in [-0.4, -0.2) is 45.3 Å². The van der Waals surface area contributed by atoms with Crippen LogP contribution in [0, 0.1) is 5.41 Å². The average Bonchev–Trinajstić information content (AvgIpc) is 2.83. The van der Waals surface area contributed by atoms with Crippen LogP contribution in [0.5, 0.6) is 0 Å². The molecular weight excluding hydrogens is 236 g/mol. The first kappa shape index (κ1) is 13.8. The first-order chi connectivity index (χ1) is 8.71. The maximum absolute atomic E-state index is 12.4. The van der Waals surface area contributed by atoms with Crippen molar-refractivity contribution in [2.24, 2.45) is 5.41 Å². The van der Waals surface area contributed by atoms with E-state index in [1.807, 2.05) is 6.92 Å². The molecule has 1 atom stereocenters. The van der Waals surface area contributed by atoms with Crippen LogP contribution in [0.1, 0.15) is 32.6 Å². The minimum Gasteiger partial charge on any atom is -0.465 e. The van der Waals surface area contributed by atoms with Gasteiger partial charge in [-0.25, -0.2) is 0 Å². The molecule has 0 bridgehead atoms. The monoisotopic (exact) mass is 258 g/mol. The second-order valence-electron chi connectivity index (χ2n) is 4.89. The minimum atomic E-state index is -0.840. The number of rotatable bonds is 4. The van der Waals surface area contributed by atoms with Gasteiger partial charge in [-0.1, -0.05) is 6.42 Å². The molecule has 0 aromatic rings. The molecule has 1 saturated carbocycles. The van der Waals surface area contributed by atoms with Gasteiger partial charge in [0.1, 0.15) is 5.41 Å². The fourth-order valence-corrected chi connectivity index (χ4v) is 3.10. The molecule has 0 N–H and O–H groups in total. The lowest BCUT2D eigenvalue weighted by molar-refractivity contribution is -0.268. The summed E-state index contributed by atoms with van der Waals surface area (Å²) < 4.78 is 22.2. The topological polar surface area (TPSA) is 54.0 Å². The SMILES string of the molecule is CCOC(=O)C1(COC)CCCCC12OCCO2. The van der Waals surface area contributed by atoms with Crippen LogP contribution in [0.4, 0.5) is 0 Å². The number of carbonyl (C=O) groups excluding carboxylic acids is 1. The van der Waals surface area contributed by atoms with Gasteiger partial charge in [0.05, 0.1) is 26.4 Å². The Kier molecular flexibility index (Phi) is 4.25. The molecule has 1 saturated heterocycles. The summed E-state index contributed by atoms with van der Waals surface area (Å²) in [4.78, 5) is 12.4. The summed E-state index contributed by atoms with van der Waals surface area (Å²) in [6, 6.07) is 0. The van der Waals surface area contributed by atoms with E-state index in [-0.39, 0.29) is 12.6 Å². The van der Waals surface area contributed by atoms with Crippen LogP contribution in [0.2, 0.25) is 0 Å². The fraction of sp³-hybridized carbons (Fsp3) is 0.923. The average molecular weight is 258 g/mol. The Morgan fingerprint density at radius 2 is 1.89 bits per heavy atom. The highest BCUT2D eigenvalue weighted by atomic mass is 16.7. The van der Waals surface area contributed by atoms with Crippen molar-refractivity contribution in [3.8, 4) is 0 Å². The van der Waals surface area contributed by atoms with E-state index in [2.05, 4.69) is 0 Å². The van der Waals surface area contributed by atoms with Gasteiger partial charge in [0.25, 0.3) is 0 Å². The number of hydrogen-bond donors (Lipinski definition) is 0. The molecule has 5 nitrogen and oxygen atoms in total. The molecule has 104 valence electrons. The van der Waals surface area contributed by atoms with Crippen LogP contribution < -0.4 is 0 Å².